The molecule has 0 amide bonds. The number of nitrogens with two attached hydrogens (primary N) is 1. The van der Waals surface area contributed by atoms with Crippen molar-refractivity contribution < 1.29 is 9.90 Å². The average molecular weight is 222 g/mol. The van der Waals surface area contributed by atoms with Crippen LogP contribution in [0.3, 0.4) is 0 Å². The van der Waals surface area contributed by atoms with Crippen molar-refractivity contribution in [1.82, 2.24) is 0 Å². The summed E-state index contributed by atoms with van der Waals surface area (Å²) in [6, 6.07) is 4.72. The van der Waals surface area contributed by atoms with Crippen molar-refractivity contribution in [2.75, 3.05) is 0 Å². The number of thiophene rings is 1. The second kappa shape index (κ2) is 3.33. The predicted molar refractivity (Wildman–Crippen MR) is 55.6 cm³/mol. The van der Waals surface area contributed by atoms with E-state index >= 15 is 0 Å². The lowest BCUT2D eigenvalue weighted by Crippen LogP contribution is -2.41. The molecule has 1 aromatic heterocycles. The topological polar surface area (TPSA) is 87.1 Å². The number of nitrogens with zero attached hydrogens (tertiary/aromatic N) is 1. The molecule has 0 bridgehead atoms. The van der Waals surface area contributed by atoms with Crippen molar-refractivity contribution >= 4 is 17.3 Å². The Balaban J connectivity index is 2.31. The molecule has 5 heteroatoms. The van der Waals surface area contributed by atoms with E-state index in [-0.39, 0.29) is 0 Å². The molecular formula is C10H10N2O2S. The number of hydrogen-bond acceptors (Lipinski definition) is 4. The summed E-state index contributed by atoms with van der Waals surface area (Å²) in [5, 5.41) is 17.6. The number of nitriles is 1. The van der Waals surface area contributed by atoms with E-state index in [9.17, 15) is 4.79 Å². The Labute approximate surface area is 90.9 Å². The normalized spacial score (nSPS) is 19.2. The summed E-state index contributed by atoms with van der Waals surface area (Å²) >= 11 is 1.34. The molecule has 1 aliphatic carbocycles. The number of hydrogen-bond donors (Lipinski definition) is 2. The number of carboxylic acid groups (broad SMARTS) is 1. The van der Waals surface area contributed by atoms with E-state index in [2.05, 4.69) is 0 Å². The third kappa shape index (κ3) is 1.52. The molecular weight excluding hydrogens is 212 g/mol. The fraction of sp³-hybridized carbons (Fsp3) is 0.400. The van der Waals surface area contributed by atoms with E-state index in [0.717, 1.165) is 17.7 Å². The zero-order chi connectivity index (χ0) is 11.1. The Bertz CT molecular complexity index is 443. The SMILES string of the molecule is N#Cc1ccc(C2(C(N)C(=O)O)CC2)s1. The molecule has 0 saturated heterocycles. The Morgan fingerprint density at radius 2 is 2.33 bits per heavy atom. The summed E-state index contributed by atoms with van der Waals surface area (Å²) in [6.45, 7) is 0. The molecule has 2 rings (SSSR count). The summed E-state index contributed by atoms with van der Waals surface area (Å²) < 4.78 is 0. The fourth-order valence-electron chi connectivity index (χ4n) is 1.75. The van der Waals surface area contributed by atoms with E-state index in [4.69, 9.17) is 16.1 Å². The highest BCUT2D eigenvalue weighted by Crippen LogP contribution is 2.52. The van der Waals surface area contributed by atoms with Gasteiger partial charge >= 0.3 is 5.97 Å². The molecule has 15 heavy (non-hydrogen) atoms. The van der Waals surface area contributed by atoms with Crippen molar-refractivity contribution in [3.05, 3.63) is 21.9 Å². The maximum atomic E-state index is 10.9. The summed E-state index contributed by atoms with van der Waals surface area (Å²) in [6.07, 6.45) is 1.59. The average Bonchev–Trinajstić information content (AvgIpc) is 2.88. The molecule has 3 N–H and O–H groups in total. The molecule has 1 fully saturated rings. The quantitative estimate of drug-likeness (QED) is 0.800. The molecule has 4 nitrogen and oxygen atoms in total. The fourth-order valence-corrected chi connectivity index (χ4v) is 2.84. The molecule has 1 heterocycles. The predicted octanol–water partition coefficient (Wildman–Crippen LogP) is 1.06. The van der Waals surface area contributed by atoms with Gasteiger partial charge in [0.1, 0.15) is 17.0 Å². The summed E-state index contributed by atoms with van der Waals surface area (Å²) in [5.74, 6) is -0.973. The Kier molecular flexibility index (Phi) is 2.25. The van der Waals surface area contributed by atoms with Crippen molar-refractivity contribution in [2.24, 2.45) is 5.73 Å². The highest BCUT2D eigenvalue weighted by Gasteiger charge is 2.53. The van der Waals surface area contributed by atoms with E-state index in [1.807, 2.05) is 12.1 Å². The van der Waals surface area contributed by atoms with Crippen LogP contribution in [0.2, 0.25) is 0 Å². The first kappa shape index (κ1) is 10.1. The van der Waals surface area contributed by atoms with Crippen LogP contribution in [-0.2, 0) is 10.2 Å². The first-order chi connectivity index (χ1) is 7.10. The van der Waals surface area contributed by atoms with Gasteiger partial charge in [0.25, 0.3) is 0 Å². The van der Waals surface area contributed by atoms with Gasteiger partial charge in [-0.25, -0.2) is 0 Å². The monoisotopic (exact) mass is 222 g/mol. The van der Waals surface area contributed by atoms with Gasteiger partial charge < -0.3 is 10.8 Å². The first-order valence-electron chi connectivity index (χ1n) is 4.59. The van der Waals surface area contributed by atoms with E-state index < -0.39 is 17.4 Å². The van der Waals surface area contributed by atoms with Gasteiger partial charge in [-0.1, -0.05) is 0 Å². The van der Waals surface area contributed by atoms with Crippen LogP contribution in [-0.4, -0.2) is 17.1 Å². The van der Waals surface area contributed by atoms with Crippen LogP contribution in [0.15, 0.2) is 12.1 Å². The van der Waals surface area contributed by atoms with Gasteiger partial charge in [0.2, 0.25) is 0 Å². The van der Waals surface area contributed by atoms with Crippen LogP contribution in [0.1, 0.15) is 22.6 Å². The maximum absolute atomic E-state index is 10.9. The molecule has 1 unspecified atom stereocenters. The largest absolute Gasteiger partial charge is 0.480 e. The molecule has 78 valence electrons. The maximum Gasteiger partial charge on any atom is 0.321 e. The third-order valence-corrected chi connectivity index (χ3v) is 4.07. The third-order valence-electron chi connectivity index (χ3n) is 2.86. The lowest BCUT2D eigenvalue weighted by molar-refractivity contribution is -0.139. The Morgan fingerprint density at radius 1 is 1.67 bits per heavy atom. The van der Waals surface area contributed by atoms with Gasteiger partial charge in [-0.3, -0.25) is 4.79 Å². The lowest BCUT2D eigenvalue weighted by Gasteiger charge is -2.17. The molecule has 0 aliphatic heterocycles. The van der Waals surface area contributed by atoms with Gasteiger partial charge in [0.05, 0.1) is 0 Å². The molecule has 0 radical (unpaired) electrons. The van der Waals surface area contributed by atoms with Gasteiger partial charge in [0, 0.05) is 10.3 Å². The van der Waals surface area contributed by atoms with E-state index in [1.54, 1.807) is 6.07 Å². The van der Waals surface area contributed by atoms with Crippen molar-refractivity contribution in [3.63, 3.8) is 0 Å². The van der Waals surface area contributed by atoms with Gasteiger partial charge in [-0.2, -0.15) is 5.26 Å². The van der Waals surface area contributed by atoms with Crippen LogP contribution < -0.4 is 5.73 Å². The van der Waals surface area contributed by atoms with Gasteiger partial charge in [0.15, 0.2) is 0 Å². The van der Waals surface area contributed by atoms with Crippen LogP contribution in [0.25, 0.3) is 0 Å². The highest BCUT2D eigenvalue weighted by molar-refractivity contribution is 7.12. The summed E-state index contributed by atoms with van der Waals surface area (Å²) in [7, 11) is 0. The summed E-state index contributed by atoms with van der Waals surface area (Å²) in [5.41, 5.74) is 5.25. The first-order valence-corrected chi connectivity index (χ1v) is 5.40. The minimum Gasteiger partial charge on any atom is -0.480 e. The van der Waals surface area contributed by atoms with Crippen molar-refractivity contribution in [3.8, 4) is 6.07 Å². The number of carboxylic acids is 1. The molecule has 0 aromatic carbocycles. The summed E-state index contributed by atoms with van der Waals surface area (Å²) in [4.78, 5) is 12.4. The number of rotatable bonds is 3. The van der Waals surface area contributed by atoms with Gasteiger partial charge in [-0.05, 0) is 25.0 Å². The molecule has 1 saturated carbocycles. The van der Waals surface area contributed by atoms with Crippen molar-refractivity contribution in [1.29, 1.82) is 5.26 Å². The zero-order valence-electron chi connectivity index (χ0n) is 7.93. The molecule has 1 aliphatic rings. The minimum atomic E-state index is -0.973. The lowest BCUT2D eigenvalue weighted by atomic mass is 9.95. The van der Waals surface area contributed by atoms with Crippen LogP contribution in [0.5, 0.6) is 0 Å². The van der Waals surface area contributed by atoms with E-state index in [0.29, 0.717) is 4.88 Å². The second-order valence-corrected chi connectivity index (χ2v) is 4.83. The molecule has 1 atom stereocenters. The Morgan fingerprint density at radius 3 is 2.73 bits per heavy atom. The van der Waals surface area contributed by atoms with Crippen molar-refractivity contribution in [2.45, 2.75) is 24.3 Å². The van der Waals surface area contributed by atoms with Crippen LogP contribution in [0, 0.1) is 11.3 Å². The second-order valence-electron chi connectivity index (χ2n) is 3.75. The van der Waals surface area contributed by atoms with Gasteiger partial charge in [-0.15, -0.1) is 11.3 Å². The standard InChI is InChI=1S/C10H10N2O2S/c11-5-6-1-2-7(15-6)10(3-4-10)8(12)9(13)14/h1-2,8H,3-4,12H2,(H,13,14). The van der Waals surface area contributed by atoms with Crippen LogP contribution in [0.4, 0.5) is 0 Å². The molecule has 1 aromatic rings. The number of carbonyl (C=O) groups is 1. The number of aliphatic carboxylic acids is 1. The molecule has 0 spiro atoms. The zero-order valence-corrected chi connectivity index (χ0v) is 8.75. The highest BCUT2D eigenvalue weighted by atomic mass is 32.1. The smallest absolute Gasteiger partial charge is 0.321 e. The Hall–Kier alpha value is -1.38. The minimum absolute atomic E-state index is 0.411. The van der Waals surface area contributed by atoms with E-state index in [1.165, 1.54) is 11.3 Å². The van der Waals surface area contributed by atoms with Crippen LogP contribution >= 0.6 is 11.3 Å².